The Bertz CT molecular complexity index is 1190. The van der Waals surface area contributed by atoms with Crippen LogP contribution in [-0.2, 0) is 12.8 Å². The molecule has 3 aromatic rings. The maximum atomic E-state index is 12.6. The van der Waals surface area contributed by atoms with Gasteiger partial charge >= 0.3 is 5.69 Å². The van der Waals surface area contributed by atoms with Crippen molar-refractivity contribution in [1.29, 1.82) is 0 Å². The molecule has 5 heteroatoms. The summed E-state index contributed by atoms with van der Waals surface area (Å²) < 4.78 is 0. The summed E-state index contributed by atoms with van der Waals surface area (Å²) in [5, 5.41) is 0.770. The summed E-state index contributed by atoms with van der Waals surface area (Å²) in [5.41, 5.74) is 5.31. The maximum absolute atomic E-state index is 12.6. The third-order valence-corrected chi connectivity index (χ3v) is 6.23. The first-order valence-corrected chi connectivity index (χ1v) is 10.8. The van der Waals surface area contributed by atoms with Gasteiger partial charge < -0.3 is 4.98 Å². The molecule has 1 heterocycles. The predicted molar refractivity (Wildman–Crippen MR) is 122 cm³/mol. The highest BCUT2D eigenvalue weighted by atomic mass is 35.5. The lowest BCUT2D eigenvalue weighted by molar-refractivity contribution is 0.596. The fraction of sp³-hybridized carbons (Fsp3) is 0.280. The second kappa shape index (κ2) is 8.88. The minimum atomic E-state index is -0.444. The highest BCUT2D eigenvalue weighted by Gasteiger charge is 2.23. The zero-order chi connectivity index (χ0) is 21.1. The summed E-state index contributed by atoms with van der Waals surface area (Å²) >= 11 is 6.46. The normalized spacial score (nSPS) is 16.3. The van der Waals surface area contributed by atoms with Crippen LogP contribution in [0, 0.1) is 0 Å². The molecule has 0 bridgehead atoms. The number of allylic oxidation sites excluding steroid dienone is 2. The molecule has 0 spiro atoms. The van der Waals surface area contributed by atoms with E-state index in [-0.39, 0.29) is 11.5 Å². The Balaban J connectivity index is 1.65. The van der Waals surface area contributed by atoms with Crippen molar-refractivity contribution in [3.05, 3.63) is 108 Å². The summed E-state index contributed by atoms with van der Waals surface area (Å²) in [7, 11) is 0. The van der Waals surface area contributed by atoms with Crippen LogP contribution in [0.4, 0.5) is 0 Å². The monoisotopic (exact) mass is 420 g/mol. The third-order valence-electron chi connectivity index (χ3n) is 5.90. The fourth-order valence-electron chi connectivity index (χ4n) is 4.23. The Morgan fingerprint density at radius 1 is 1.03 bits per heavy atom. The summed E-state index contributed by atoms with van der Waals surface area (Å²) in [6.45, 7) is 2.13. The van der Waals surface area contributed by atoms with Gasteiger partial charge in [0.05, 0.1) is 0 Å². The van der Waals surface area contributed by atoms with Crippen LogP contribution in [0.3, 0.4) is 0 Å². The second-order valence-electron chi connectivity index (χ2n) is 7.83. The standard InChI is InChI=1S/C25H25ClN2O2/c1-2-16-8-13-22(26)20(14-16)18-9-11-19(12-10-18)23-21(24(29)28-25(30)27-23)15-17-6-4-3-5-7-17/h3-9,13-14,19H,2,10-12,15H2,1H3,(H2,27,28,29,30). The Hall–Kier alpha value is -2.85. The first-order chi connectivity index (χ1) is 14.5. The molecule has 4 rings (SSSR count). The average Bonchev–Trinajstić information content (AvgIpc) is 2.77. The van der Waals surface area contributed by atoms with Gasteiger partial charge in [0.2, 0.25) is 0 Å². The summed E-state index contributed by atoms with van der Waals surface area (Å²) in [6.07, 6.45) is 6.16. The lowest BCUT2D eigenvalue weighted by Crippen LogP contribution is -2.30. The van der Waals surface area contributed by atoms with E-state index in [9.17, 15) is 9.59 Å². The van der Waals surface area contributed by atoms with Crippen molar-refractivity contribution in [2.24, 2.45) is 0 Å². The van der Waals surface area contributed by atoms with E-state index in [0.29, 0.717) is 12.0 Å². The molecule has 2 N–H and O–H groups in total. The van der Waals surface area contributed by atoms with Crippen LogP contribution >= 0.6 is 11.6 Å². The smallest absolute Gasteiger partial charge is 0.311 e. The van der Waals surface area contributed by atoms with Gasteiger partial charge in [0, 0.05) is 28.6 Å². The molecule has 1 aliphatic rings. The summed E-state index contributed by atoms with van der Waals surface area (Å²) in [5.74, 6) is 0.107. The topological polar surface area (TPSA) is 65.7 Å². The van der Waals surface area contributed by atoms with Gasteiger partial charge in [0.15, 0.2) is 0 Å². The molecular formula is C25H25ClN2O2. The van der Waals surface area contributed by atoms with Crippen molar-refractivity contribution < 1.29 is 0 Å². The Kier molecular flexibility index (Phi) is 6.05. The minimum absolute atomic E-state index is 0.107. The number of H-pyrrole nitrogens is 2. The van der Waals surface area contributed by atoms with Gasteiger partial charge in [-0.25, -0.2) is 4.79 Å². The van der Waals surface area contributed by atoms with Crippen molar-refractivity contribution in [1.82, 2.24) is 9.97 Å². The fourth-order valence-corrected chi connectivity index (χ4v) is 4.47. The molecule has 4 nitrogen and oxygen atoms in total. The van der Waals surface area contributed by atoms with Crippen molar-refractivity contribution in [3.63, 3.8) is 0 Å². The van der Waals surface area contributed by atoms with E-state index >= 15 is 0 Å². The van der Waals surface area contributed by atoms with Crippen LogP contribution < -0.4 is 11.2 Å². The van der Waals surface area contributed by atoms with Crippen LogP contribution in [0.5, 0.6) is 0 Å². The number of aromatic amines is 2. The van der Waals surface area contributed by atoms with Gasteiger partial charge in [-0.1, -0.05) is 67.1 Å². The van der Waals surface area contributed by atoms with Gasteiger partial charge in [0.25, 0.3) is 5.56 Å². The van der Waals surface area contributed by atoms with Crippen molar-refractivity contribution in [2.45, 2.75) is 44.9 Å². The number of aromatic nitrogens is 2. The van der Waals surface area contributed by atoms with E-state index < -0.39 is 5.69 Å². The molecule has 0 saturated carbocycles. The lowest BCUT2D eigenvalue weighted by Gasteiger charge is -2.24. The van der Waals surface area contributed by atoms with E-state index in [1.165, 1.54) is 11.1 Å². The van der Waals surface area contributed by atoms with Gasteiger partial charge in [-0.3, -0.25) is 9.78 Å². The molecule has 2 aromatic carbocycles. The molecule has 0 fully saturated rings. The molecule has 1 aliphatic carbocycles. The van der Waals surface area contributed by atoms with Crippen LogP contribution in [0.25, 0.3) is 5.57 Å². The molecule has 0 amide bonds. The van der Waals surface area contributed by atoms with Crippen LogP contribution in [-0.4, -0.2) is 9.97 Å². The number of halogens is 1. The lowest BCUT2D eigenvalue weighted by atomic mass is 9.82. The van der Waals surface area contributed by atoms with Crippen LogP contribution in [0.15, 0.2) is 64.2 Å². The highest BCUT2D eigenvalue weighted by molar-refractivity contribution is 6.32. The molecule has 1 aromatic heterocycles. The van der Waals surface area contributed by atoms with E-state index in [1.807, 2.05) is 36.4 Å². The molecule has 1 unspecified atom stereocenters. The van der Waals surface area contributed by atoms with Gasteiger partial charge in [-0.2, -0.15) is 0 Å². The highest BCUT2D eigenvalue weighted by Crippen LogP contribution is 2.38. The molecule has 30 heavy (non-hydrogen) atoms. The summed E-state index contributed by atoms with van der Waals surface area (Å²) in [6, 6.07) is 16.1. The molecule has 0 saturated heterocycles. The number of benzene rings is 2. The molecule has 1 atom stereocenters. The summed E-state index contributed by atoms with van der Waals surface area (Å²) in [4.78, 5) is 29.9. The van der Waals surface area contributed by atoms with E-state index in [1.54, 1.807) is 0 Å². The molecular weight excluding hydrogens is 396 g/mol. The second-order valence-corrected chi connectivity index (χ2v) is 8.24. The molecule has 154 valence electrons. The zero-order valence-electron chi connectivity index (χ0n) is 17.0. The van der Waals surface area contributed by atoms with Crippen LogP contribution in [0.1, 0.15) is 60.1 Å². The number of aryl methyl sites for hydroxylation is 1. The van der Waals surface area contributed by atoms with Gasteiger partial charge in [0.1, 0.15) is 0 Å². The van der Waals surface area contributed by atoms with E-state index in [0.717, 1.165) is 47.5 Å². The zero-order valence-corrected chi connectivity index (χ0v) is 17.8. The molecule has 0 radical (unpaired) electrons. The van der Waals surface area contributed by atoms with Gasteiger partial charge in [-0.05, 0) is 54.0 Å². The number of hydrogen-bond acceptors (Lipinski definition) is 2. The third kappa shape index (κ3) is 4.34. The largest absolute Gasteiger partial charge is 0.325 e. The van der Waals surface area contributed by atoms with Crippen molar-refractivity contribution in [2.75, 3.05) is 0 Å². The van der Waals surface area contributed by atoms with Crippen molar-refractivity contribution in [3.8, 4) is 0 Å². The Labute approximate surface area is 180 Å². The average molecular weight is 421 g/mol. The maximum Gasteiger partial charge on any atom is 0.325 e. The predicted octanol–water partition coefficient (Wildman–Crippen LogP) is 5.22. The van der Waals surface area contributed by atoms with E-state index in [2.05, 4.69) is 35.1 Å². The minimum Gasteiger partial charge on any atom is -0.311 e. The number of rotatable bonds is 5. The first kappa shape index (κ1) is 20.4. The Morgan fingerprint density at radius 2 is 1.83 bits per heavy atom. The quantitative estimate of drug-likeness (QED) is 0.594. The van der Waals surface area contributed by atoms with Crippen LogP contribution in [0.2, 0.25) is 5.02 Å². The first-order valence-electron chi connectivity index (χ1n) is 10.4. The SMILES string of the molecule is CCc1ccc(Cl)c(C2=CCC(c3[nH]c(=O)[nH]c(=O)c3Cc3ccccc3)CC2)c1. The van der Waals surface area contributed by atoms with E-state index in [4.69, 9.17) is 11.6 Å². The molecule has 0 aliphatic heterocycles. The number of nitrogens with one attached hydrogen (secondary N) is 2. The van der Waals surface area contributed by atoms with Gasteiger partial charge in [-0.15, -0.1) is 0 Å². The Morgan fingerprint density at radius 3 is 2.53 bits per heavy atom. The number of hydrogen-bond donors (Lipinski definition) is 2. The van der Waals surface area contributed by atoms with Crippen molar-refractivity contribution >= 4 is 17.2 Å².